The van der Waals surface area contributed by atoms with E-state index in [2.05, 4.69) is 21.2 Å². The fourth-order valence-electron chi connectivity index (χ4n) is 2.80. The average molecular weight is 546 g/mol. The SMILES string of the molecule is COc1ccc(Br)c(CNc2ccc(S(N)(=O)=O)cc2)c1OCc1ccc(Cl)c(Cl)c1. The molecule has 3 rings (SSSR count). The van der Waals surface area contributed by atoms with Crippen LogP contribution in [0.15, 0.2) is 64.0 Å². The van der Waals surface area contributed by atoms with Gasteiger partial charge in [-0.05, 0) is 54.1 Å². The number of halogens is 3. The van der Waals surface area contributed by atoms with Crippen molar-refractivity contribution in [2.45, 2.75) is 18.0 Å². The van der Waals surface area contributed by atoms with Crippen LogP contribution in [0.1, 0.15) is 11.1 Å². The number of anilines is 1. The zero-order valence-electron chi connectivity index (χ0n) is 16.4. The molecule has 0 aromatic heterocycles. The molecule has 0 heterocycles. The van der Waals surface area contributed by atoms with Crippen molar-refractivity contribution in [2.24, 2.45) is 5.14 Å². The Hall–Kier alpha value is -1.97. The van der Waals surface area contributed by atoms with Gasteiger partial charge in [-0.1, -0.05) is 45.2 Å². The van der Waals surface area contributed by atoms with Crippen LogP contribution in [-0.2, 0) is 23.2 Å². The van der Waals surface area contributed by atoms with Gasteiger partial charge in [0.25, 0.3) is 0 Å². The zero-order chi connectivity index (χ0) is 22.6. The first kappa shape index (κ1) is 23.7. The minimum atomic E-state index is -3.74. The number of ether oxygens (including phenoxy) is 2. The van der Waals surface area contributed by atoms with E-state index in [1.54, 1.807) is 37.4 Å². The van der Waals surface area contributed by atoms with Gasteiger partial charge in [0.2, 0.25) is 10.0 Å². The molecule has 6 nitrogen and oxygen atoms in total. The molecule has 0 aliphatic rings. The van der Waals surface area contributed by atoms with E-state index in [0.29, 0.717) is 28.1 Å². The monoisotopic (exact) mass is 544 g/mol. The number of sulfonamides is 1. The lowest BCUT2D eigenvalue weighted by Gasteiger charge is -2.18. The van der Waals surface area contributed by atoms with Crippen LogP contribution in [0.2, 0.25) is 10.0 Å². The van der Waals surface area contributed by atoms with Gasteiger partial charge in [0.1, 0.15) is 6.61 Å². The second kappa shape index (κ2) is 10.1. The Kier molecular flexibility index (Phi) is 7.72. The first-order valence-electron chi connectivity index (χ1n) is 8.98. The van der Waals surface area contributed by atoms with Gasteiger partial charge in [-0.25, -0.2) is 13.6 Å². The van der Waals surface area contributed by atoms with Crippen LogP contribution in [0, 0.1) is 0 Å². The molecule has 0 amide bonds. The van der Waals surface area contributed by atoms with Crippen molar-refractivity contribution < 1.29 is 17.9 Å². The van der Waals surface area contributed by atoms with E-state index in [4.69, 9.17) is 37.8 Å². The summed E-state index contributed by atoms with van der Waals surface area (Å²) in [5, 5.41) is 9.32. The highest BCUT2D eigenvalue weighted by Gasteiger charge is 2.16. The first-order valence-corrected chi connectivity index (χ1v) is 12.1. The number of primary sulfonamides is 1. The summed E-state index contributed by atoms with van der Waals surface area (Å²) in [4.78, 5) is 0.0475. The predicted octanol–water partition coefficient (Wildman–Crippen LogP) is 5.60. The molecule has 0 saturated heterocycles. The van der Waals surface area contributed by atoms with E-state index in [1.165, 1.54) is 12.1 Å². The van der Waals surface area contributed by atoms with Gasteiger partial charge in [-0.15, -0.1) is 0 Å². The summed E-state index contributed by atoms with van der Waals surface area (Å²) in [5.74, 6) is 1.14. The van der Waals surface area contributed by atoms with Crippen molar-refractivity contribution in [3.05, 3.63) is 80.2 Å². The molecule has 0 atom stereocenters. The van der Waals surface area contributed by atoms with Crippen LogP contribution in [0.5, 0.6) is 11.5 Å². The van der Waals surface area contributed by atoms with Gasteiger partial charge in [0, 0.05) is 22.3 Å². The Bertz CT molecular complexity index is 1190. The third-order valence-corrected chi connectivity index (χ3v) is 6.82. The Labute approximate surface area is 199 Å². The van der Waals surface area contributed by atoms with Crippen molar-refractivity contribution in [1.29, 1.82) is 0 Å². The first-order chi connectivity index (χ1) is 14.7. The van der Waals surface area contributed by atoms with Gasteiger partial charge < -0.3 is 14.8 Å². The maximum atomic E-state index is 11.4. The fraction of sp³-hybridized carbons (Fsp3) is 0.143. The van der Waals surface area contributed by atoms with Gasteiger partial charge in [0.05, 0.1) is 22.1 Å². The van der Waals surface area contributed by atoms with Crippen molar-refractivity contribution >= 4 is 54.8 Å². The molecular weight excluding hydrogens is 527 g/mol. The van der Waals surface area contributed by atoms with E-state index >= 15 is 0 Å². The second-order valence-corrected chi connectivity index (χ2v) is 9.75. The molecule has 3 aromatic rings. The Morgan fingerprint density at radius 3 is 2.35 bits per heavy atom. The lowest BCUT2D eigenvalue weighted by molar-refractivity contribution is 0.281. The molecule has 0 aliphatic carbocycles. The quantitative estimate of drug-likeness (QED) is 0.384. The van der Waals surface area contributed by atoms with E-state index in [1.807, 2.05) is 12.1 Å². The van der Waals surface area contributed by atoms with Crippen molar-refractivity contribution in [3.8, 4) is 11.5 Å². The van der Waals surface area contributed by atoms with E-state index in [0.717, 1.165) is 21.3 Å². The van der Waals surface area contributed by atoms with Gasteiger partial charge >= 0.3 is 0 Å². The molecular formula is C21H19BrCl2N2O4S. The van der Waals surface area contributed by atoms with Gasteiger partial charge in [0.15, 0.2) is 11.5 Å². The van der Waals surface area contributed by atoms with E-state index < -0.39 is 10.0 Å². The summed E-state index contributed by atoms with van der Waals surface area (Å²) in [6.45, 7) is 0.656. The molecule has 164 valence electrons. The number of benzene rings is 3. The summed E-state index contributed by atoms with van der Waals surface area (Å²) < 4.78 is 35.2. The largest absolute Gasteiger partial charge is 0.493 e. The smallest absolute Gasteiger partial charge is 0.238 e. The molecule has 10 heteroatoms. The number of hydrogen-bond donors (Lipinski definition) is 2. The number of hydrogen-bond acceptors (Lipinski definition) is 5. The summed E-state index contributed by atoms with van der Waals surface area (Å²) in [7, 11) is -2.17. The van der Waals surface area contributed by atoms with Crippen LogP contribution in [0.4, 0.5) is 5.69 Å². The number of methoxy groups -OCH3 is 1. The molecule has 0 aliphatic heterocycles. The standard InChI is InChI=1S/C21H19BrCl2N2O4S/c1-29-20-9-7-17(22)16(11-26-14-3-5-15(6-4-14)31(25,27)28)21(20)30-12-13-2-8-18(23)19(24)10-13/h2-10,26H,11-12H2,1H3,(H2,25,27,28). The number of nitrogens with one attached hydrogen (secondary N) is 1. The van der Waals surface area contributed by atoms with Crippen molar-refractivity contribution in [1.82, 2.24) is 0 Å². The van der Waals surface area contributed by atoms with Crippen LogP contribution in [0.25, 0.3) is 0 Å². The lowest BCUT2D eigenvalue weighted by atomic mass is 10.1. The zero-order valence-corrected chi connectivity index (χ0v) is 20.3. The van der Waals surface area contributed by atoms with Crippen LogP contribution < -0.4 is 19.9 Å². The Morgan fingerprint density at radius 1 is 1.03 bits per heavy atom. The molecule has 3 aromatic carbocycles. The lowest BCUT2D eigenvalue weighted by Crippen LogP contribution is -2.12. The maximum absolute atomic E-state index is 11.4. The molecule has 0 bridgehead atoms. The number of nitrogens with two attached hydrogens (primary N) is 1. The van der Waals surface area contributed by atoms with Crippen LogP contribution >= 0.6 is 39.1 Å². The second-order valence-electron chi connectivity index (χ2n) is 6.52. The van der Waals surface area contributed by atoms with Crippen LogP contribution in [0.3, 0.4) is 0 Å². The Balaban J connectivity index is 1.81. The topological polar surface area (TPSA) is 90.6 Å². The summed E-state index contributed by atoms with van der Waals surface area (Å²) >= 11 is 15.6. The third kappa shape index (κ3) is 6.05. The third-order valence-electron chi connectivity index (χ3n) is 4.41. The van der Waals surface area contributed by atoms with E-state index in [9.17, 15) is 8.42 Å². The molecule has 3 N–H and O–H groups in total. The average Bonchev–Trinajstić information content (AvgIpc) is 2.73. The molecule has 0 fully saturated rings. The molecule has 0 radical (unpaired) electrons. The maximum Gasteiger partial charge on any atom is 0.238 e. The highest BCUT2D eigenvalue weighted by atomic mass is 79.9. The predicted molar refractivity (Wildman–Crippen MR) is 127 cm³/mol. The Morgan fingerprint density at radius 2 is 1.74 bits per heavy atom. The summed E-state index contributed by atoms with van der Waals surface area (Å²) in [6, 6.07) is 15.1. The normalized spacial score (nSPS) is 11.3. The van der Waals surface area contributed by atoms with Crippen molar-refractivity contribution in [3.63, 3.8) is 0 Å². The number of rotatable bonds is 8. The molecule has 31 heavy (non-hydrogen) atoms. The van der Waals surface area contributed by atoms with Gasteiger partial charge in [-0.3, -0.25) is 0 Å². The van der Waals surface area contributed by atoms with E-state index in [-0.39, 0.29) is 11.5 Å². The minimum absolute atomic E-state index is 0.0475. The highest BCUT2D eigenvalue weighted by Crippen LogP contribution is 2.37. The molecule has 0 unspecified atom stereocenters. The minimum Gasteiger partial charge on any atom is -0.493 e. The molecule has 0 saturated carbocycles. The van der Waals surface area contributed by atoms with Crippen LogP contribution in [-0.4, -0.2) is 15.5 Å². The van der Waals surface area contributed by atoms with Crippen molar-refractivity contribution in [2.75, 3.05) is 12.4 Å². The highest BCUT2D eigenvalue weighted by molar-refractivity contribution is 9.10. The summed E-state index contributed by atoms with van der Waals surface area (Å²) in [6.07, 6.45) is 0. The summed E-state index contributed by atoms with van der Waals surface area (Å²) in [5.41, 5.74) is 2.40. The molecule has 0 spiro atoms. The fourth-order valence-corrected chi connectivity index (χ4v) is 4.09. The van der Waals surface area contributed by atoms with Gasteiger partial charge in [-0.2, -0.15) is 0 Å².